The predicted molar refractivity (Wildman–Crippen MR) is 133 cm³/mol. The number of aromatic hydroxyl groups is 1. The van der Waals surface area contributed by atoms with Crippen LogP contribution in [0.5, 0.6) is 5.75 Å². The lowest BCUT2D eigenvalue weighted by Crippen LogP contribution is -2.33. The standard InChI is InChI=1S/C29H28N2O/c1-20-7-9-25-18-31(2)19-26(17-21-8-10-22-5-3-4-6-24(22)16-21)30-29(28(25)15-20)23-11-13-27(32)14-12-23/h3-16,26,32H,17-19H2,1-2H3. The molecule has 4 aromatic carbocycles. The van der Waals surface area contributed by atoms with E-state index >= 15 is 0 Å². The van der Waals surface area contributed by atoms with Gasteiger partial charge in [-0.3, -0.25) is 9.89 Å². The van der Waals surface area contributed by atoms with Crippen LogP contribution in [-0.4, -0.2) is 35.4 Å². The molecule has 1 N–H and O–H groups in total. The van der Waals surface area contributed by atoms with Crippen LogP contribution in [0.4, 0.5) is 0 Å². The van der Waals surface area contributed by atoms with E-state index in [1.54, 1.807) is 12.1 Å². The third-order valence-corrected chi connectivity index (χ3v) is 6.22. The predicted octanol–water partition coefficient (Wildman–Crippen LogP) is 5.75. The molecule has 160 valence electrons. The zero-order valence-corrected chi connectivity index (χ0v) is 18.6. The van der Waals surface area contributed by atoms with Gasteiger partial charge in [0.25, 0.3) is 0 Å². The molecule has 0 radical (unpaired) electrons. The van der Waals surface area contributed by atoms with E-state index in [0.29, 0.717) is 0 Å². The Morgan fingerprint density at radius 1 is 0.906 bits per heavy atom. The van der Waals surface area contributed by atoms with Gasteiger partial charge in [0.1, 0.15) is 5.75 Å². The molecule has 1 unspecified atom stereocenters. The summed E-state index contributed by atoms with van der Waals surface area (Å²) >= 11 is 0. The van der Waals surface area contributed by atoms with Crippen molar-refractivity contribution in [1.29, 1.82) is 0 Å². The minimum atomic E-state index is 0.138. The van der Waals surface area contributed by atoms with Crippen LogP contribution in [0.2, 0.25) is 0 Å². The summed E-state index contributed by atoms with van der Waals surface area (Å²) in [5.41, 5.74) is 7.07. The molecule has 0 amide bonds. The van der Waals surface area contributed by atoms with Crippen LogP contribution in [0, 0.1) is 6.92 Å². The van der Waals surface area contributed by atoms with Crippen LogP contribution < -0.4 is 0 Å². The number of phenols is 1. The molecule has 3 nitrogen and oxygen atoms in total. The molecule has 0 fully saturated rings. The van der Waals surface area contributed by atoms with Crippen molar-refractivity contribution in [2.24, 2.45) is 4.99 Å². The molecule has 32 heavy (non-hydrogen) atoms. The van der Waals surface area contributed by atoms with Gasteiger partial charge >= 0.3 is 0 Å². The van der Waals surface area contributed by atoms with Crippen LogP contribution >= 0.6 is 0 Å². The number of aryl methyl sites for hydroxylation is 1. The summed E-state index contributed by atoms with van der Waals surface area (Å²) in [7, 11) is 2.18. The number of fused-ring (bicyclic) bond motifs is 2. The first-order valence-corrected chi connectivity index (χ1v) is 11.2. The maximum absolute atomic E-state index is 9.82. The second-order valence-electron chi connectivity index (χ2n) is 8.92. The fraction of sp³-hybridized carbons (Fsp3) is 0.207. The first-order chi connectivity index (χ1) is 15.5. The van der Waals surface area contributed by atoms with Crippen LogP contribution in [-0.2, 0) is 13.0 Å². The van der Waals surface area contributed by atoms with E-state index in [2.05, 4.69) is 79.5 Å². The average molecular weight is 421 g/mol. The van der Waals surface area contributed by atoms with Crippen LogP contribution in [0.15, 0.2) is 89.9 Å². The van der Waals surface area contributed by atoms with E-state index in [1.807, 2.05) is 12.1 Å². The molecular formula is C29H28N2O. The highest BCUT2D eigenvalue weighted by Crippen LogP contribution is 2.25. The molecular weight excluding hydrogens is 392 g/mol. The minimum Gasteiger partial charge on any atom is -0.508 e. The highest BCUT2D eigenvalue weighted by atomic mass is 16.3. The Kier molecular flexibility index (Phi) is 5.50. The average Bonchev–Trinajstić information content (AvgIpc) is 2.78. The number of nitrogens with zero attached hydrogens (tertiary/aromatic N) is 2. The highest BCUT2D eigenvalue weighted by molar-refractivity contribution is 6.14. The van der Waals surface area contributed by atoms with Crippen LogP contribution in [0.25, 0.3) is 10.8 Å². The van der Waals surface area contributed by atoms with Crippen molar-refractivity contribution in [3.05, 3.63) is 113 Å². The summed E-state index contributed by atoms with van der Waals surface area (Å²) in [5.74, 6) is 0.275. The van der Waals surface area contributed by atoms with Gasteiger partial charge in [-0.1, -0.05) is 60.2 Å². The molecule has 1 atom stereocenters. The van der Waals surface area contributed by atoms with Gasteiger partial charge in [0, 0.05) is 24.2 Å². The van der Waals surface area contributed by atoms with Crippen molar-refractivity contribution < 1.29 is 5.11 Å². The number of hydrogen-bond donors (Lipinski definition) is 1. The maximum atomic E-state index is 9.82. The zero-order valence-electron chi connectivity index (χ0n) is 18.6. The Bertz CT molecular complexity index is 1290. The smallest absolute Gasteiger partial charge is 0.115 e. The second kappa shape index (κ2) is 8.60. The lowest BCUT2D eigenvalue weighted by molar-refractivity contribution is 0.301. The number of phenolic OH excluding ortho intramolecular Hbond substituents is 1. The quantitative estimate of drug-likeness (QED) is 0.458. The van der Waals surface area contributed by atoms with Gasteiger partial charge in [-0.2, -0.15) is 0 Å². The molecule has 1 aliphatic rings. The van der Waals surface area contributed by atoms with E-state index in [1.165, 1.54) is 33.0 Å². The van der Waals surface area contributed by atoms with Gasteiger partial charge in [0.05, 0.1) is 11.8 Å². The molecule has 0 saturated carbocycles. The molecule has 5 rings (SSSR count). The Morgan fingerprint density at radius 2 is 1.69 bits per heavy atom. The Hall–Kier alpha value is -3.43. The lowest BCUT2D eigenvalue weighted by atomic mass is 9.93. The summed E-state index contributed by atoms with van der Waals surface area (Å²) in [6.07, 6.45) is 0.887. The molecule has 0 spiro atoms. The van der Waals surface area contributed by atoms with Crippen molar-refractivity contribution in [3.63, 3.8) is 0 Å². The molecule has 1 heterocycles. The van der Waals surface area contributed by atoms with Crippen molar-refractivity contribution in [1.82, 2.24) is 4.90 Å². The second-order valence-corrected chi connectivity index (χ2v) is 8.92. The topological polar surface area (TPSA) is 35.8 Å². The summed E-state index contributed by atoms with van der Waals surface area (Å²) in [6, 6.07) is 29.5. The van der Waals surface area contributed by atoms with Gasteiger partial charge in [0.2, 0.25) is 0 Å². The Labute approximate surface area is 189 Å². The SMILES string of the molecule is Cc1ccc2c(c1)C(c1ccc(O)cc1)=NC(Cc1ccc3ccccc3c1)CN(C)C2. The summed E-state index contributed by atoms with van der Waals surface area (Å²) in [5, 5.41) is 12.4. The third kappa shape index (κ3) is 4.30. The zero-order chi connectivity index (χ0) is 22.1. The van der Waals surface area contributed by atoms with Crippen molar-refractivity contribution >= 4 is 16.5 Å². The lowest BCUT2D eigenvalue weighted by Gasteiger charge is -2.28. The van der Waals surface area contributed by atoms with E-state index in [9.17, 15) is 5.11 Å². The number of rotatable bonds is 3. The van der Waals surface area contributed by atoms with Gasteiger partial charge < -0.3 is 5.11 Å². The number of likely N-dealkylation sites (N-methyl/N-ethyl adjacent to an activating group) is 1. The number of benzene rings is 4. The Balaban J connectivity index is 1.59. The number of aliphatic imine (C=N–C) groups is 1. The first-order valence-electron chi connectivity index (χ1n) is 11.2. The highest BCUT2D eigenvalue weighted by Gasteiger charge is 2.21. The monoisotopic (exact) mass is 420 g/mol. The normalized spacial score (nSPS) is 16.8. The van der Waals surface area contributed by atoms with Crippen molar-refractivity contribution in [2.75, 3.05) is 13.6 Å². The first kappa shape index (κ1) is 20.5. The van der Waals surface area contributed by atoms with Gasteiger partial charge in [-0.15, -0.1) is 0 Å². The van der Waals surface area contributed by atoms with Crippen LogP contribution in [0.3, 0.4) is 0 Å². The van der Waals surface area contributed by atoms with E-state index in [0.717, 1.165) is 30.8 Å². The fourth-order valence-corrected chi connectivity index (χ4v) is 4.65. The molecule has 0 aromatic heterocycles. The van der Waals surface area contributed by atoms with Gasteiger partial charge in [0.15, 0.2) is 0 Å². The summed E-state index contributed by atoms with van der Waals surface area (Å²) in [6.45, 7) is 3.91. The van der Waals surface area contributed by atoms with Crippen LogP contribution in [0.1, 0.15) is 27.8 Å². The van der Waals surface area contributed by atoms with Gasteiger partial charge in [-0.25, -0.2) is 0 Å². The van der Waals surface area contributed by atoms with Gasteiger partial charge in [-0.05, 0) is 72.6 Å². The molecule has 0 saturated heterocycles. The minimum absolute atomic E-state index is 0.138. The third-order valence-electron chi connectivity index (χ3n) is 6.22. The van der Waals surface area contributed by atoms with E-state index < -0.39 is 0 Å². The molecule has 0 aliphatic carbocycles. The van der Waals surface area contributed by atoms with Crippen molar-refractivity contribution in [3.8, 4) is 5.75 Å². The fourth-order valence-electron chi connectivity index (χ4n) is 4.65. The summed E-state index contributed by atoms with van der Waals surface area (Å²) in [4.78, 5) is 7.71. The van der Waals surface area contributed by atoms with E-state index in [-0.39, 0.29) is 11.8 Å². The van der Waals surface area contributed by atoms with E-state index in [4.69, 9.17) is 4.99 Å². The number of hydrogen-bond acceptors (Lipinski definition) is 3. The molecule has 0 bridgehead atoms. The maximum Gasteiger partial charge on any atom is 0.115 e. The largest absolute Gasteiger partial charge is 0.508 e. The molecule has 3 heteroatoms. The Morgan fingerprint density at radius 3 is 2.50 bits per heavy atom. The summed E-state index contributed by atoms with van der Waals surface area (Å²) < 4.78 is 0. The molecule has 1 aliphatic heterocycles. The molecule has 4 aromatic rings. The van der Waals surface area contributed by atoms with Crippen molar-refractivity contribution in [2.45, 2.75) is 25.9 Å².